The number of likely N-dealkylation sites (N-methyl/N-ethyl adjacent to an activating group) is 1. The number of amides is 1. The number of halogens is 3. The minimum Gasteiger partial charge on any atom is -0.349 e. The van der Waals surface area contributed by atoms with Gasteiger partial charge < -0.3 is 9.80 Å². The van der Waals surface area contributed by atoms with E-state index in [-0.39, 0.29) is 5.91 Å². The van der Waals surface area contributed by atoms with E-state index < -0.39 is 11.7 Å². The van der Waals surface area contributed by atoms with Gasteiger partial charge in [0.2, 0.25) is 5.91 Å². The van der Waals surface area contributed by atoms with Crippen LogP contribution in [0.2, 0.25) is 0 Å². The van der Waals surface area contributed by atoms with Crippen LogP contribution in [0.3, 0.4) is 0 Å². The largest absolute Gasteiger partial charge is 0.416 e. The van der Waals surface area contributed by atoms with Gasteiger partial charge >= 0.3 is 6.18 Å². The number of anilines is 1. The molecule has 0 atom stereocenters. The molecule has 0 radical (unpaired) electrons. The highest BCUT2D eigenvalue weighted by Crippen LogP contribution is 2.34. The monoisotopic (exact) mass is 343 g/mol. The van der Waals surface area contributed by atoms with Crippen molar-refractivity contribution in [1.82, 2.24) is 9.88 Å². The van der Waals surface area contributed by atoms with Gasteiger partial charge in [-0.15, -0.1) is 0 Å². The Kier molecular flexibility index (Phi) is 4.18. The molecule has 1 fully saturated rings. The van der Waals surface area contributed by atoms with Crippen LogP contribution in [0, 0.1) is 0 Å². The molecule has 4 nitrogen and oxygen atoms in total. The smallest absolute Gasteiger partial charge is 0.349 e. The molecular formula is C15H16F3N3OS. The minimum atomic E-state index is -4.36. The van der Waals surface area contributed by atoms with Gasteiger partial charge in [-0.05, 0) is 24.6 Å². The van der Waals surface area contributed by atoms with Crippen molar-refractivity contribution in [3.63, 3.8) is 0 Å². The highest BCUT2D eigenvalue weighted by atomic mass is 32.1. The number of likely N-dealkylation sites (tertiary alicyclic amines) is 1. The van der Waals surface area contributed by atoms with Crippen molar-refractivity contribution in [1.29, 1.82) is 0 Å². The Labute approximate surface area is 135 Å². The van der Waals surface area contributed by atoms with E-state index in [0.29, 0.717) is 30.2 Å². The van der Waals surface area contributed by atoms with Gasteiger partial charge in [0.05, 0.1) is 15.8 Å². The second-order valence-corrected chi connectivity index (χ2v) is 6.59. The lowest BCUT2D eigenvalue weighted by atomic mass is 10.2. The molecule has 1 aromatic carbocycles. The molecule has 0 saturated carbocycles. The van der Waals surface area contributed by atoms with Gasteiger partial charge in [-0.3, -0.25) is 4.79 Å². The number of benzene rings is 1. The molecule has 0 aliphatic carbocycles. The third-order valence-corrected chi connectivity index (χ3v) is 5.06. The first-order chi connectivity index (χ1) is 10.8. The maximum absolute atomic E-state index is 12.7. The first kappa shape index (κ1) is 16.0. The molecule has 8 heteroatoms. The summed E-state index contributed by atoms with van der Waals surface area (Å²) in [6, 6.07) is 3.61. The second-order valence-electron chi connectivity index (χ2n) is 5.58. The number of fused-ring (bicyclic) bond motifs is 1. The van der Waals surface area contributed by atoms with Gasteiger partial charge in [0.15, 0.2) is 5.13 Å². The summed E-state index contributed by atoms with van der Waals surface area (Å²) < 4.78 is 38.9. The summed E-state index contributed by atoms with van der Waals surface area (Å²) in [5.74, 6) is 0.164. The van der Waals surface area contributed by atoms with Crippen molar-refractivity contribution < 1.29 is 18.0 Å². The van der Waals surface area contributed by atoms with Crippen LogP contribution in [0.5, 0.6) is 0 Å². The van der Waals surface area contributed by atoms with Crippen LogP contribution in [0.4, 0.5) is 18.3 Å². The zero-order valence-corrected chi connectivity index (χ0v) is 13.4. The van der Waals surface area contributed by atoms with Crippen molar-refractivity contribution in [3.8, 4) is 0 Å². The van der Waals surface area contributed by atoms with Crippen molar-refractivity contribution in [2.24, 2.45) is 0 Å². The van der Waals surface area contributed by atoms with Crippen LogP contribution in [-0.2, 0) is 11.0 Å². The molecule has 3 rings (SSSR count). The second kappa shape index (κ2) is 5.99. The number of carbonyl (C=O) groups excluding carboxylic acids is 1. The standard InChI is InChI=1S/C15H16F3N3OS/c1-20(7-8-21-6-2-3-13(21)22)14-19-11-9-10(15(16,17)18)4-5-12(11)23-14/h4-5,9H,2-3,6-8H2,1H3. The molecule has 0 bridgehead atoms. The Hall–Kier alpha value is -1.83. The molecule has 1 aliphatic heterocycles. The summed E-state index contributed by atoms with van der Waals surface area (Å²) in [6.45, 7) is 2.00. The number of aromatic nitrogens is 1. The van der Waals surface area contributed by atoms with Crippen LogP contribution in [-0.4, -0.2) is 42.5 Å². The highest BCUT2D eigenvalue weighted by Gasteiger charge is 2.31. The Morgan fingerprint density at radius 1 is 1.39 bits per heavy atom. The first-order valence-electron chi connectivity index (χ1n) is 7.31. The van der Waals surface area contributed by atoms with E-state index in [1.165, 1.54) is 17.4 Å². The van der Waals surface area contributed by atoms with E-state index in [4.69, 9.17) is 0 Å². The van der Waals surface area contributed by atoms with Gasteiger partial charge in [0.25, 0.3) is 0 Å². The topological polar surface area (TPSA) is 36.4 Å². The molecule has 2 heterocycles. The molecule has 1 aromatic heterocycles. The molecule has 0 N–H and O–H groups in total. The van der Waals surface area contributed by atoms with Crippen LogP contribution in [0.25, 0.3) is 10.2 Å². The minimum absolute atomic E-state index is 0.164. The molecule has 1 saturated heterocycles. The Bertz CT molecular complexity index is 728. The normalized spacial score (nSPS) is 15.7. The van der Waals surface area contributed by atoms with Gasteiger partial charge in [-0.2, -0.15) is 13.2 Å². The van der Waals surface area contributed by atoms with E-state index >= 15 is 0 Å². The predicted molar refractivity (Wildman–Crippen MR) is 83.7 cm³/mol. The third-order valence-electron chi connectivity index (χ3n) is 3.91. The van der Waals surface area contributed by atoms with E-state index in [0.717, 1.165) is 29.8 Å². The number of hydrogen-bond donors (Lipinski definition) is 0. The third kappa shape index (κ3) is 3.41. The molecule has 124 valence electrons. The maximum Gasteiger partial charge on any atom is 0.416 e. The number of alkyl halides is 3. The fourth-order valence-electron chi connectivity index (χ4n) is 2.56. The summed E-state index contributed by atoms with van der Waals surface area (Å²) in [5, 5.41) is 0.658. The number of nitrogens with zero attached hydrogens (tertiary/aromatic N) is 3. The first-order valence-corrected chi connectivity index (χ1v) is 8.13. The molecule has 23 heavy (non-hydrogen) atoms. The summed E-state index contributed by atoms with van der Waals surface area (Å²) in [6.07, 6.45) is -2.87. The zero-order valence-electron chi connectivity index (χ0n) is 12.6. The number of hydrogen-bond acceptors (Lipinski definition) is 4. The Morgan fingerprint density at radius 3 is 2.83 bits per heavy atom. The fourth-order valence-corrected chi connectivity index (χ4v) is 3.49. The fraction of sp³-hybridized carbons (Fsp3) is 0.467. The molecule has 1 amide bonds. The lowest BCUT2D eigenvalue weighted by Crippen LogP contribution is -2.33. The van der Waals surface area contributed by atoms with Gasteiger partial charge in [-0.1, -0.05) is 11.3 Å². The van der Waals surface area contributed by atoms with Gasteiger partial charge in [-0.25, -0.2) is 4.98 Å². The number of carbonyl (C=O) groups is 1. The van der Waals surface area contributed by atoms with Crippen LogP contribution in [0.1, 0.15) is 18.4 Å². The van der Waals surface area contributed by atoms with Gasteiger partial charge in [0, 0.05) is 33.1 Å². The SMILES string of the molecule is CN(CCN1CCCC1=O)c1nc2cc(C(F)(F)F)ccc2s1. The van der Waals surface area contributed by atoms with Crippen molar-refractivity contribution in [2.45, 2.75) is 19.0 Å². The van der Waals surface area contributed by atoms with E-state index in [1.807, 2.05) is 16.8 Å². The van der Waals surface area contributed by atoms with Crippen molar-refractivity contribution in [3.05, 3.63) is 23.8 Å². The zero-order chi connectivity index (χ0) is 16.6. The van der Waals surface area contributed by atoms with E-state index in [1.54, 1.807) is 0 Å². The summed E-state index contributed by atoms with van der Waals surface area (Å²) in [7, 11) is 1.84. The number of rotatable bonds is 4. The summed E-state index contributed by atoms with van der Waals surface area (Å²) >= 11 is 1.35. The highest BCUT2D eigenvalue weighted by molar-refractivity contribution is 7.22. The van der Waals surface area contributed by atoms with Crippen LogP contribution < -0.4 is 4.90 Å². The molecular weight excluding hydrogens is 327 g/mol. The van der Waals surface area contributed by atoms with Crippen LogP contribution in [0.15, 0.2) is 18.2 Å². The lowest BCUT2D eigenvalue weighted by molar-refractivity contribution is -0.137. The molecule has 1 aliphatic rings. The van der Waals surface area contributed by atoms with Gasteiger partial charge in [0.1, 0.15) is 0 Å². The Balaban J connectivity index is 1.73. The van der Waals surface area contributed by atoms with E-state index in [9.17, 15) is 18.0 Å². The maximum atomic E-state index is 12.7. The summed E-state index contributed by atoms with van der Waals surface area (Å²) in [5.41, 5.74) is -0.337. The Morgan fingerprint density at radius 2 is 2.17 bits per heavy atom. The van der Waals surface area contributed by atoms with Crippen LogP contribution >= 0.6 is 11.3 Å². The molecule has 0 unspecified atom stereocenters. The quantitative estimate of drug-likeness (QED) is 0.854. The number of thiazole rings is 1. The predicted octanol–water partition coefficient (Wildman–Crippen LogP) is 3.37. The van der Waals surface area contributed by atoms with E-state index in [2.05, 4.69) is 4.98 Å². The lowest BCUT2D eigenvalue weighted by Gasteiger charge is -2.21. The molecule has 2 aromatic rings. The van der Waals surface area contributed by atoms with Crippen molar-refractivity contribution in [2.75, 3.05) is 31.6 Å². The average Bonchev–Trinajstić information content (AvgIpc) is 3.09. The average molecular weight is 343 g/mol. The molecule has 0 spiro atoms. The summed E-state index contributed by atoms with van der Waals surface area (Å²) in [4.78, 5) is 19.6. The van der Waals surface area contributed by atoms with Crippen molar-refractivity contribution >= 4 is 32.6 Å².